The summed E-state index contributed by atoms with van der Waals surface area (Å²) in [5, 5.41) is 2.30. The second kappa shape index (κ2) is 8.58. The fourth-order valence-corrected chi connectivity index (χ4v) is 1.89. The summed E-state index contributed by atoms with van der Waals surface area (Å²) in [6, 6.07) is 5.58. The highest BCUT2D eigenvalue weighted by atomic mass is 35.5. The van der Waals surface area contributed by atoms with Gasteiger partial charge in [0.25, 0.3) is 5.91 Å². The lowest BCUT2D eigenvalue weighted by Crippen LogP contribution is -3.00. The Bertz CT molecular complexity index is 859. The fourth-order valence-electron chi connectivity index (χ4n) is 1.89. The minimum atomic E-state index is -7.05. The summed E-state index contributed by atoms with van der Waals surface area (Å²) in [6.45, 7) is 0. The third kappa shape index (κ3) is 4.89. The van der Waals surface area contributed by atoms with E-state index in [4.69, 9.17) is 0 Å². The SMILES string of the molecule is O=C(Nc1ccc(OC(F)(F)C(F)(F)C(F)(F)C(F)(F)F)cc1)c1ccncc1.[Cl-]. The number of carbonyl (C=O) groups is 1. The third-order valence-electron chi connectivity index (χ3n) is 3.42. The predicted molar refractivity (Wildman–Crippen MR) is 80.2 cm³/mol. The van der Waals surface area contributed by atoms with Crippen LogP contribution < -0.4 is 22.5 Å². The van der Waals surface area contributed by atoms with Gasteiger partial charge in [-0.15, -0.1) is 0 Å². The number of hydrogen-bond acceptors (Lipinski definition) is 3. The van der Waals surface area contributed by atoms with Crippen molar-refractivity contribution >= 4 is 11.6 Å². The van der Waals surface area contributed by atoms with Gasteiger partial charge in [-0.05, 0) is 36.4 Å². The van der Waals surface area contributed by atoms with Crippen molar-refractivity contribution < 1.29 is 61.5 Å². The van der Waals surface area contributed by atoms with Gasteiger partial charge in [-0.2, -0.15) is 39.5 Å². The molecule has 0 aliphatic carbocycles. The van der Waals surface area contributed by atoms with Crippen LogP contribution >= 0.6 is 0 Å². The number of aromatic nitrogens is 1. The average molecular weight is 468 g/mol. The lowest BCUT2D eigenvalue weighted by atomic mass is 10.1. The van der Waals surface area contributed by atoms with E-state index < -0.39 is 35.8 Å². The molecule has 1 aromatic carbocycles. The van der Waals surface area contributed by atoms with Gasteiger partial charge in [0.2, 0.25) is 0 Å². The van der Waals surface area contributed by atoms with Crippen LogP contribution in [0.25, 0.3) is 0 Å². The van der Waals surface area contributed by atoms with Gasteiger partial charge in [-0.1, -0.05) is 0 Å². The van der Waals surface area contributed by atoms with E-state index >= 15 is 0 Å². The zero-order valence-electron chi connectivity index (χ0n) is 14.2. The summed E-state index contributed by atoms with van der Waals surface area (Å²) >= 11 is 0. The van der Waals surface area contributed by atoms with Crippen LogP contribution in [0.2, 0.25) is 0 Å². The Hall–Kier alpha value is -2.70. The van der Waals surface area contributed by atoms with Crippen LogP contribution in [0.3, 0.4) is 0 Å². The first-order valence-electron chi connectivity index (χ1n) is 7.39. The summed E-state index contributed by atoms with van der Waals surface area (Å²) in [5.41, 5.74) is 0.135. The van der Waals surface area contributed by atoms with Crippen LogP contribution in [0.5, 0.6) is 5.75 Å². The van der Waals surface area contributed by atoms with Gasteiger partial charge < -0.3 is 22.5 Å². The number of carbonyl (C=O) groups excluding carboxylic acids is 1. The van der Waals surface area contributed by atoms with Crippen molar-refractivity contribution in [3.8, 4) is 5.75 Å². The monoisotopic (exact) mass is 467 g/mol. The number of pyridine rings is 1. The van der Waals surface area contributed by atoms with Crippen LogP contribution in [-0.4, -0.2) is 35.0 Å². The second-order valence-electron chi connectivity index (χ2n) is 5.48. The van der Waals surface area contributed by atoms with E-state index in [0.29, 0.717) is 12.1 Å². The maximum atomic E-state index is 13.4. The predicted octanol–water partition coefficient (Wildman–Crippen LogP) is 2.14. The van der Waals surface area contributed by atoms with E-state index in [1.807, 2.05) is 0 Å². The van der Waals surface area contributed by atoms with Crippen molar-refractivity contribution in [1.82, 2.24) is 4.98 Å². The molecule has 0 fully saturated rings. The second-order valence-corrected chi connectivity index (χ2v) is 5.48. The normalized spacial score (nSPS) is 12.7. The molecule has 166 valence electrons. The Morgan fingerprint density at radius 2 is 1.30 bits per heavy atom. The molecule has 2 aromatic rings. The topological polar surface area (TPSA) is 51.2 Å². The zero-order valence-corrected chi connectivity index (χ0v) is 14.9. The molecule has 4 nitrogen and oxygen atoms in total. The first-order valence-corrected chi connectivity index (χ1v) is 7.39. The Balaban J connectivity index is 0.00000450. The molecule has 1 amide bonds. The van der Waals surface area contributed by atoms with Gasteiger partial charge in [0.1, 0.15) is 5.75 Å². The number of ether oxygens (including phenoxy) is 1. The summed E-state index contributed by atoms with van der Waals surface area (Å²) in [7, 11) is 0. The molecule has 0 saturated carbocycles. The number of amides is 1. The van der Waals surface area contributed by atoms with E-state index in [9.17, 15) is 44.3 Å². The summed E-state index contributed by atoms with van der Waals surface area (Å²) < 4.78 is 118. The van der Waals surface area contributed by atoms with Gasteiger partial charge in [-0.25, -0.2) is 0 Å². The smallest absolute Gasteiger partial charge is 0.471 e. The number of nitrogens with zero attached hydrogens (tertiary/aromatic N) is 1. The first kappa shape index (κ1) is 25.3. The number of rotatable bonds is 6. The Morgan fingerprint density at radius 1 is 0.800 bits per heavy atom. The number of nitrogens with one attached hydrogen (secondary N) is 1. The van der Waals surface area contributed by atoms with Gasteiger partial charge in [0, 0.05) is 23.6 Å². The third-order valence-corrected chi connectivity index (χ3v) is 3.42. The molecule has 0 radical (unpaired) electrons. The molecule has 1 N–H and O–H groups in total. The molecule has 0 atom stereocenters. The standard InChI is InChI=1S/C16H9F9N2O2.ClH/c17-13(18,15(21,22)23)14(19,20)16(24,25)29-11-3-1-10(2-4-11)27-12(28)9-5-7-26-8-6-9;/h1-8H,(H,27,28);1H/p-1. The highest BCUT2D eigenvalue weighted by Gasteiger charge is 2.83. The van der Waals surface area contributed by atoms with Gasteiger partial charge >= 0.3 is 24.1 Å². The molecule has 0 aliphatic heterocycles. The van der Waals surface area contributed by atoms with Gasteiger partial charge in [-0.3, -0.25) is 9.78 Å². The van der Waals surface area contributed by atoms with E-state index in [-0.39, 0.29) is 23.7 Å². The maximum absolute atomic E-state index is 13.4. The Kier molecular flexibility index (Phi) is 7.24. The first-order chi connectivity index (χ1) is 13.2. The lowest BCUT2D eigenvalue weighted by Gasteiger charge is -2.33. The van der Waals surface area contributed by atoms with E-state index in [1.54, 1.807) is 0 Å². The van der Waals surface area contributed by atoms with Crippen LogP contribution in [0, 0.1) is 0 Å². The molecule has 0 bridgehead atoms. The Labute approximate surface area is 168 Å². The van der Waals surface area contributed by atoms with E-state index in [0.717, 1.165) is 12.1 Å². The van der Waals surface area contributed by atoms with Crippen LogP contribution in [-0.2, 0) is 0 Å². The highest BCUT2D eigenvalue weighted by molar-refractivity contribution is 6.04. The average Bonchev–Trinajstić information content (AvgIpc) is 2.62. The molecule has 0 spiro atoms. The highest BCUT2D eigenvalue weighted by Crippen LogP contribution is 2.53. The van der Waals surface area contributed by atoms with Crippen molar-refractivity contribution in [3.05, 3.63) is 54.4 Å². The summed E-state index contributed by atoms with van der Waals surface area (Å²) in [4.78, 5) is 15.6. The van der Waals surface area contributed by atoms with E-state index in [1.165, 1.54) is 24.5 Å². The van der Waals surface area contributed by atoms with Crippen LogP contribution in [0.15, 0.2) is 48.8 Å². The molecular weight excluding hydrogens is 459 g/mol. The van der Waals surface area contributed by atoms with Gasteiger partial charge in [0.15, 0.2) is 0 Å². The van der Waals surface area contributed by atoms with Gasteiger partial charge in [0.05, 0.1) is 0 Å². The summed E-state index contributed by atoms with van der Waals surface area (Å²) in [6.07, 6.45) is -10.5. The maximum Gasteiger partial charge on any atom is 0.471 e. The quantitative estimate of drug-likeness (QED) is 0.663. The van der Waals surface area contributed by atoms with Crippen LogP contribution in [0.1, 0.15) is 10.4 Å². The molecule has 30 heavy (non-hydrogen) atoms. The zero-order chi connectivity index (χ0) is 22.1. The molecule has 2 rings (SSSR count). The van der Waals surface area contributed by atoms with Crippen molar-refractivity contribution in [3.63, 3.8) is 0 Å². The van der Waals surface area contributed by atoms with Crippen LogP contribution in [0.4, 0.5) is 45.2 Å². The fraction of sp³-hybridized carbons (Fsp3) is 0.250. The minimum absolute atomic E-state index is 0. The summed E-state index contributed by atoms with van der Waals surface area (Å²) in [5.74, 6) is -15.7. The largest absolute Gasteiger partial charge is 1.00 e. The number of hydrogen-bond donors (Lipinski definition) is 1. The number of halogens is 10. The molecule has 14 heteroatoms. The molecule has 1 aromatic heterocycles. The molecule has 0 saturated heterocycles. The number of alkyl halides is 9. The molecular formula is C16H9ClF9N2O2-. The number of anilines is 1. The van der Waals surface area contributed by atoms with Crippen molar-refractivity contribution in [1.29, 1.82) is 0 Å². The molecule has 0 aliphatic rings. The molecule has 1 heterocycles. The minimum Gasteiger partial charge on any atom is -1.00 e. The van der Waals surface area contributed by atoms with Crippen molar-refractivity contribution in [2.75, 3.05) is 5.32 Å². The molecule has 0 unspecified atom stereocenters. The van der Waals surface area contributed by atoms with E-state index in [2.05, 4.69) is 15.0 Å². The number of benzene rings is 1. The lowest BCUT2D eigenvalue weighted by molar-refractivity contribution is -0.428. The van der Waals surface area contributed by atoms with Crippen molar-refractivity contribution in [2.45, 2.75) is 24.1 Å². The Morgan fingerprint density at radius 3 is 1.77 bits per heavy atom. The van der Waals surface area contributed by atoms with Crippen molar-refractivity contribution in [2.24, 2.45) is 0 Å².